The van der Waals surface area contributed by atoms with Crippen LogP contribution in [0.4, 0.5) is 4.39 Å². The first-order valence-electron chi connectivity index (χ1n) is 6.63. The molecule has 1 aromatic carbocycles. The summed E-state index contributed by atoms with van der Waals surface area (Å²) in [5, 5.41) is 3.32. The van der Waals surface area contributed by atoms with Gasteiger partial charge in [-0.2, -0.15) is 0 Å². The van der Waals surface area contributed by atoms with Gasteiger partial charge in [-0.3, -0.25) is 4.79 Å². The minimum atomic E-state index is -0.527. The van der Waals surface area contributed by atoms with Crippen molar-refractivity contribution < 1.29 is 13.9 Å². The second-order valence-electron chi connectivity index (χ2n) is 4.92. The Morgan fingerprint density at radius 3 is 2.80 bits per heavy atom. The lowest BCUT2D eigenvalue weighted by Crippen LogP contribution is -2.40. The first kappa shape index (κ1) is 15.4. The quantitative estimate of drug-likeness (QED) is 0.857. The fraction of sp³-hybridized carbons (Fsp3) is 0.500. The molecule has 0 bridgehead atoms. The Balaban J connectivity index is 2.02. The number of hydrogen-bond acceptors (Lipinski definition) is 3. The monoisotopic (exact) mass is 344 g/mol. The van der Waals surface area contributed by atoms with Gasteiger partial charge in [0.15, 0.2) is 0 Å². The maximum atomic E-state index is 13.6. The van der Waals surface area contributed by atoms with E-state index in [-0.39, 0.29) is 5.82 Å². The molecule has 1 aliphatic rings. The van der Waals surface area contributed by atoms with Crippen molar-refractivity contribution in [3.63, 3.8) is 0 Å². The van der Waals surface area contributed by atoms with E-state index in [1.807, 2.05) is 0 Å². The van der Waals surface area contributed by atoms with E-state index in [1.54, 1.807) is 12.1 Å². The number of primary amides is 1. The van der Waals surface area contributed by atoms with E-state index in [0.717, 1.165) is 26.1 Å². The van der Waals surface area contributed by atoms with E-state index in [4.69, 9.17) is 10.5 Å². The van der Waals surface area contributed by atoms with Crippen LogP contribution in [0.5, 0.6) is 0 Å². The normalized spacial score (nSPS) is 17.9. The van der Waals surface area contributed by atoms with E-state index in [0.29, 0.717) is 22.6 Å². The Kier molecular flexibility index (Phi) is 5.51. The average molecular weight is 345 g/mol. The molecule has 0 spiro atoms. The molecule has 2 rings (SSSR count). The maximum Gasteiger partial charge on any atom is 0.226 e. The fourth-order valence-electron chi connectivity index (χ4n) is 2.30. The van der Waals surface area contributed by atoms with Crippen LogP contribution >= 0.6 is 15.9 Å². The van der Waals surface area contributed by atoms with Crippen molar-refractivity contribution in [1.29, 1.82) is 0 Å². The van der Waals surface area contributed by atoms with E-state index < -0.39 is 11.8 Å². The molecule has 0 unspecified atom stereocenters. The van der Waals surface area contributed by atoms with E-state index >= 15 is 0 Å². The van der Waals surface area contributed by atoms with Crippen LogP contribution < -0.4 is 11.1 Å². The highest BCUT2D eigenvalue weighted by Gasteiger charge is 2.21. The summed E-state index contributed by atoms with van der Waals surface area (Å²) in [4.78, 5) is 11.6. The van der Waals surface area contributed by atoms with Crippen LogP contribution in [0.1, 0.15) is 24.3 Å². The van der Waals surface area contributed by atoms with Gasteiger partial charge in [0.05, 0.1) is 10.4 Å². The summed E-state index contributed by atoms with van der Waals surface area (Å²) >= 11 is 3.10. The maximum absolute atomic E-state index is 13.6. The lowest BCUT2D eigenvalue weighted by molar-refractivity contribution is -0.119. The van der Waals surface area contributed by atoms with Gasteiger partial charge in [-0.05, 0) is 46.5 Å². The van der Waals surface area contributed by atoms with Crippen molar-refractivity contribution in [2.24, 2.45) is 5.73 Å². The van der Waals surface area contributed by atoms with Crippen molar-refractivity contribution >= 4 is 21.8 Å². The van der Waals surface area contributed by atoms with Gasteiger partial charge in [0.2, 0.25) is 5.91 Å². The molecule has 3 N–H and O–H groups in total. The Morgan fingerprint density at radius 1 is 1.50 bits per heavy atom. The molecule has 0 saturated carbocycles. The molecule has 4 nitrogen and oxygen atoms in total. The molecule has 20 heavy (non-hydrogen) atoms. The number of amides is 1. The standard InChI is InChI=1S/C14H18BrFN2O2/c15-12-2-1-9(7-13(12)16)11(14(17)19)8-18-10-3-5-20-6-4-10/h1-2,7,10-11,18H,3-6,8H2,(H2,17,19)/t11-/m1/s1. The highest BCUT2D eigenvalue weighted by Crippen LogP contribution is 2.22. The lowest BCUT2D eigenvalue weighted by Gasteiger charge is -2.25. The predicted molar refractivity (Wildman–Crippen MR) is 77.9 cm³/mol. The Morgan fingerprint density at radius 2 is 2.20 bits per heavy atom. The number of hydrogen-bond donors (Lipinski definition) is 2. The number of halogens is 2. The van der Waals surface area contributed by atoms with Crippen molar-refractivity contribution in [3.8, 4) is 0 Å². The molecule has 0 aliphatic carbocycles. The van der Waals surface area contributed by atoms with Crippen molar-refractivity contribution in [3.05, 3.63) is 34.1 Å². The number of carbonyl (C=O) groups excluding carboxylic acids is 1. The SMILES string of the molecule is NC(=O)[C@H](CNC1CCOCC1)c1ccc(Br)c(F)c1. The third-order valence-corrected chi connectivity index (χ3v) is 4.16. The van der Waals surface area contributed by atoms with Gasteiger partial charge in [0.1, 0.15) is 5.82 Å². The molecule has 110 valence electrons. The summed E-state index contributed by atoms with van der Waals surface area (Å²) in [7, 11) is 0. The fourth-order valence-corrected chi connectivity index (χ4v) is 2.54. The summed E-state index contributed by atoms with van der Waals surface area (Å²) in [6.45, 7) is 1.87. The van der Waals surface area contributed by atoms with Crippen LogP contribution in [0, 0.1) is 5.82 Å². The molecular formula is C14H18BrFN2O2. The molecule has 0 radical (unpaired) electrons. The van der Waals surface area contributed by atoms with Crippen molar-refractivity contribution in [2.45, 2.75) is 24.8 Å². The summed E-state index contributed by atoms with van der Waals surface area (Å²) < 4.78 is 19.2. The van der Waals surface area contributed by atoms with Crippen LogP contribution in [0.2, 0.25) is 0 Å². The molecule has 1 fully saturated rings. The van der Waals surface area contributed by atoms with E-state index in [9.17, 15) is 9.18 Å². The van der Waals surface area contributed by atoms with Gasteiger partial charge >= 0.3 is 0 Å². The Bertz CT molecular complexity index is 478. The number of ether oxygens (including phenoxy) is 1. The molecule has 0 aromatic heterocycles. The van der Waals surface area contributed by atoms with Gasteiger partial charge < -0.3 is 15.8 Å². The number of benzene rings is 1. The van der Waals surface area contributed by atoms with Gasteiger partial charge in [-0.25, -0.2) is 4.39 Å². The highest BCUT2D eigenvalue weighted by atomic mass is 79.9. The topological polar surface area (TPSA) is 64.4 Å². The molecule has 6 heteroatoms. The van der Waals surface area contributed by atoms with Gasteiger partial charge in [0.25, 0.3) is 0 Å². The number of rotatable bonds is 5. The molecule has 1 heterocycles. The third kappa shape index (κ3) is 4.01. The first-order valence-corrected chi connectivity index (χ1v) is 7.42. The summed E-state index contributed by atoms with van der Waals surface area (Å²) in [6, 6.07) is 4.99. The zero-order valence-corrected chi connectivity index (χ0v) is 12.7. The van der Waals surface area contributed by atoms with Crippen LogP contribution in [0.3, 0.4) is 0 Å². The summed E-state index contributed by atoms with van der Waals surface area (Å²) in [5.74, 6) is -1.37. The van der Waals surface area contributed by atoms with Crippen LogP contribution in [-0.2, 0) is 9.53 Å². The zero-order chi connectivity index (χ0) is 14.5. The van der Waals surface area contributed by atoms with Crippen LogP contribution in [-0.4, -0.2) is 31.7 Å². The lowest BCUT2D eigenvalue weighted by atomic mass is 9.97. The molecule has 1 atom stereocenters. The second-order valence-corrected chi connectivity index (χ2v) is 5.78. The number of nitrogens with one attached hydrogen (secondary N) is 1. The van der Waals surface area contributed by atoms with Gasteiger partial charge in [-0.1, -0.05) is 6.07 Å². The molecule has 1 aromatic rings. The number of carbonyl (C=O) groups is 1. The van der Waals surface area contributed by atoms with E-state index in [2.05, 4.69) is 21.2 Å². The predicted octanol–water partition coefficient (Wildman–Crippen LogP) is 1.93. The highest BCUT2D eigenvalue weighted by molar-refractivity contribution is 9.10. The van der Waals surface area contributed by atoms with Crippen LogP contribution in [0.15, 0.2) is 22.7 Å². The zero-order valence-electron chi connectivity index (χ0n) is 11.1. The Labute approximate surface area is 126 Å². The Hall–Kier alpha value is -0.980. The molecule has 1 aliphatic heterocycles. The van der Waals surface area contributed by atoms with Crippen molar-refractivity contribution in [1.82, 2.24) is 5.32 Å². The number of nitrogens with two attached hydrogens (primary N) is 1. The first-order chi connectivity index (χ1) is 9.58. The van der Waals surface area contributed by atoms with Gasteiger partial charge in [-0.15, -0.1) is 0 Å². The van der Waals surface area contributed by atoms with Gasteiger partial charge in [0, 0.05) is 25.8 Å². The van der Waals surface area contributed by atoms with E-state index in [1.165, 1.54) is 6.07 Å². The largest absolute Gasteiger partial charge is 0.381 e. The smallest absolute Gasteiger partial charge is 0.226 e. The average Bonchev–Trinajstić information content (AvgIpc) is 2.43. The molecular weight excluding hydrogens is 327 g/mol. The minimum absolute atomic E-state index is 0.325. The third-order valence-electron chi connectivity index (χ3n) is 3.52. The van der Waals surface area contributed by atoms with Crippen LogP contribution in [0.25, 0.3) is 0 Å². The minimum Gasteiger partial charge on any atom is -0.381 e. The molecule has 1 saturated heterocycles. The summed E-state index contributed by atoms with van der Waals surface area (Å²) in [5.41, 5.74) is 6.03. The summed E-state index contributed by atoms with van der Waals surface area (Å²) in [6.07, 6.45) is 1.83. The molecule has 1 amide bonds. The second kappa shape index (κ2) is 7.15. The van der Waals surface area contributed by atoms with Crippen molar-refractivity contribution in [2.75, 3.05) is 19.8 Å².